The topological polar surface area (TPSA) is 71.8 Å². The number of ether oxygens (including phenoxy) is 1. The zero-order chi connectivity index (χ0) is 21.4. The van der Waals surface area contributed by atoms with Gasteiger partial charge in [-0.2, -0.15) is 5.10 Å². The largest absolute Gasteiger partial charge is 0.490 e. The number of nitrogens with one attached hydrogen (secondary N) is 1. The number of hydrogen-bond donors (Lipinski definition) is 1. The van der Waals surface area contributed by atoms with Crippen molar-refractivity contribution in [2.75, 3.05) is 31.7 Å². The van der Waals surface area contributed by atoms with E-state index in [1.807, 2.05) is 37.4 Å². The van der Waals surface area contributed by atoms with Crippen LogP contribution in [-0.4, -0.2) is 57.8 Å². The number of rotatable bonds is 8. The Morgan fingerprint density at radius 1 is 1.29 bits per heavy atom. The molecule has 0 unspecified atom stereocenters. The lowest BCUT2D eigenvalue weighted by Crippen LogP contribution is -2.51. The highest BCUT2D eigenvalue weighted by atomic mass is 19.1. The van der Waals surface area contributed by atoms with E-state index in [0.29, 0.717) is 24.7 Å². The van der Waals surface area contributed by atoms with E-state index < -0.39 is 0 Å². The Morgan fingerprint density at radius 2 is 2.16 bits per heavy atom. The number of aromatic nitrogens is 3. The van der Waals surface area contributed by atoms with Crippen molar-refractivity contribution in [3.05, 3.63) is 42.4 Å². The summed E-state index contributed by atoms with van der Waals surface area (Å²) < 4.78 is 20.5. The first kappa shape index (κ1) is 19.9. The first-order valence-electron chi connectivity index (χ1n) is 10.8. The average molecular weight is 423 g/mol. The highest BCUT2D eigenvalue weighted by molar-refractivity contribution is 5.93. The quantitative estimate of drug-likeness (QED) is 0.601. The van der Waals surface area contributed by atoms with Crippen molar-refractivity contribution >= 4 is 17.2 Å². The van der Waals surface area contributed by atoms with Gasteiger partial charge in [-0.15, -0.1) is 0 Å². The summed E-state index contributed by atoms with van der Waals surface area (Å²) in [7, 11) is 0. The van der Waals surface area contributed by atoms with Crippen LogP contribution >= 0.6 is 0 Å². The molecule has 1 N–H and O–H groups in total. The summed E-state index contributed by atoms with van der Waals surface area (Å²) in [5.41, 5.74) is 3.73. The Bertz CT molecular complexity index is 1110. The van der Waals surface area contributed by atoms with Gasteiger partial charge in [0.15, 0.2) is 5.82 Å². The van der Waals surface area contributed by atoms with Gasteiger partial charge >= 0.3 is 0 Å². The Balaban J connectivity index is 1.37. The van der Waals surface area contributed by atoms with Crippen LogP contribution < -0.4 is 10.1 Å². The second-order valence-corrected chi connectivity index (χ2v) is 8.38. The third-order valence-corrected chi connectivity index (χ3v) is 6.05. The second kappa shape index (κ2) is 8.26. The molecule has 0 bridgehead atoms. The van der Waals surface area contributed by atoms with E-state index >= 15 is 0 Å². The number of nitrogens with zero attached hydrogens (tertiary/aromatic N) is 4. The lowest BCUT2D eigenvalue weighted by molar-refractivity contribution is -0.117. The molecule has 1 saturated heterocycles. The number of fused-ring (bicyclic) bond motifs is 1. The number of carbonyl (C=O) groups is 1. The number of aryl methyl sites for hydroxylation is 1. The fourth-order valence-corrected chi connectivity index (χ4v) is 3.96. The molecule has 0 radical (unpaired) electrons. The fourth-order valence-electron chi connectivity index (χ4n) is 3.96. The van der Waals surface area contributed by atoms with E-state index in [1.54, 1.807) is 10.7 Å². The Hall–Kier alpha value is -3.00. The first-order valence-corrected chi connectivity index (χ1v) is 10.8. The van der Waals surface area contributed by atoms with Crippen LogP contribution in [0.2, 0.25) is 0 Å². The monoisotopic (exact) mass is 423 g/mol. The summed E-state index contributed by atoms with van der Waals surface area (Å²) in [6.07, 6.45) is 6.57. The molecule has 1 atom stereocenters. The fraction of sp³-hybridized carbons (Fsp3) is 0.435. The first-order chi connectivity index (χ1) is 15.1. The Morgan fingerprint density at radius 3 is 2.90 bits per heavy atom. The molecule has 1 aliphatic carbocycles. The van der Waals surface area contributed by atoms with Gasteiger partial charge in [-0.05, 0) is 49.9 Å². The SMILES string of the molecule is Cc1cc(-c2ccn3nc(NC(=O)C4CC4)cc3c2)c(OC[C@H]2CCN2CCF)cn1. The number of alkyl halides is 1. The molecule has 3 aromatic heterocycles. The molecule has 1 saturated carbocycles. The summed E-state index contributed by atoms with van der Waals surface area (Å²) in [6.45, 7) is 3.52. The molecule has 3 aromatic rings. The number of amides is 1. The van der Waals surface area contributed by atoms with Crippen LogP contribution in [0.25, 0.3) is 16.6 Å². The van der Waals surface area contributed by atoms with Crippen LogP contribution in [0.15, 0.2) is 36.7 Å². The number of likely N-dealkylation sites (tertiary alicyclic amines) is 1. The minimum absolute atomic E-state index is 0.0434. The molecule has 31 heavy (non-hydrogen) atoms. The molecule has 2 fully saturated rings. The van der Waals surface area contributed by atoms with Crippen molar-refractivity contribution in [2.24, 2.45) is 5.92 Å². The third kappa shape index (κ3) is 4.25. The van der Waals surface area contributed by atoms with Crippen molar-refractivity contribution in [2.45, 2.75) is 32.2 Å². The maximum Gasteiger partial charge on any atom is 0.228 e. The van der Waals surface area contributed by atoms with Crippen LogP contribution in [0, 0.1) is 12.8 Å². The number of anilines is 1. The van der Waals surface area contributed by atoms with Crippen molar-refractivity contribution < 1.29 is 13.9 Å². The van der Waals surface area contributed by atoms with Crippen molar-refractivity contribution in [3.8, 4) is 16.9 Å². The summed E-state index contributed by atoms with van der Waals surface area (Å²) in [5, 5.41) is 7.34. The van der Waals surface area contributed by atoms with E-state index in [1.165, 1.54) is 0 Å². The van der Waals surface area contributed by atoms with Crippen LogP contribution in [0.5, 0.6) is 5.75 Å². The van der Waals surface area contributed by atoms with E-state index in [4.69, 9.17) is 4.74 Å². The predicted molar refractivity (Wildman–Crippen MR) is 116 cm³/mol. The van der Waals surface area contributed by atoms with Crippen molar-refractivity contribution in [1.29, 1.82) is 0 Å². The van der Waals surface area contributed by atoms with E-state index in [9.17, 15) is 9.18 Å². The maximum atomic E-state index is 12.6. The highest BCUT2D eigenvalue weighted by Gasteiger charge is 2.30. The lowest BCUT2D eigenvalue weighted by Gasteiger charge is -2.40. The number of hydrogen-bond acceptors (Lipinski definition) is 5. The van der Waals surface area contributed by atoms with Gasteiger partial charge in [0.1, 0.15) is 19.0 Å². The van der Waals surface area contributed by atoms with Crippen molar-refractivity contribution in [3.63, 3.8) is 0 Å². The number of halogens is 1. The maximum absolute atomic E-state index is 12.6. The molecule has 162 valence electrons. The molecule has 1 amide bonds. The Labute approximate surface area is 180 Å². The summed E-state index contributed by atoms with van der Waals surface area (Å²) in [5.74, 6) is 1.46. The van der Waals surface area contributed by atoms with Gasteiger partial charge in [0.25, 0.3) is 0 Å². The highest BCUT2D eigenvalue weighted by Crippen LogP contribution is 2.33. The normalized spacial score (nSPS) is 18.7. The minimum atomic E-state index is -0.331. The smallest absolute Gasteiger partial charge is 0.228 e. The average Bonchev–Trinajstić information content (AvgIpc) is 3.52. The molecule has 4 heterocycles. The summed E-state index contributed by atoms with van der Waals surface area (Å²) >= 11 is 0. The lowest BCUT2D eigenvalue weighted by atomic mass is 10.0. The molecular weight excluding hydrogens is 397 g/mol. The van der Waals surface area contributed by atoms with Gasteiger partial charge in [-0.3, -0.25) is 14.7 Å². The van der Waals surface area contributed by atoms with Crippen LogP contribution in [0.1, 0.15) is 25.0 Å². The molecule has 8 heteroatoms. The van der Waals surface area contributed by atoms with Crippen LogP contribution in [0.4, 0.5) is 10.2 Å². The van der Waals surface area contributed by atoms with Gasteiger partial charge < -0.3 is 10.1 Å². The van der Waals surface area contributed by atoms with Crippen molar-refractivity contribution in [1.82, 2.24) is 19.5 Å². The third-order valence-electron chi connectivity index (χ3n) is 6.05. The molecule has 0 spiro atoms. The molecule has 1 aliphatic heterocycles. The minimum Gasteiger partial charge on any atom is -0.490 e. The zero-order valence-corrected chi connectivity index (χ0v) is 17.6. The van der Waals surface area contributed by atoms with Gasteiger partial charge in [0.05, 0.1) is 11.7 Å². The zero-order valence-electron chi connectivity index (χ0n) is 17.6. The van der Waals surface area contributed by atoms with Gasteiger partial charge in [0, 0.05) is 48.6 Å². The Kier molecular flexibility index (Phi) is 5.31. The number of pyridine rings is 2. The predicted octanol–water partition coefficient (Wildman–Crippen LogP) is 3.48. The van der Waals surface area contributed by atoms with Gasteiger partial charge in [-0.25, -0.2) is 8.91 Å². The molecule has 7 nitrogen and oxygen atoms in total. The van der Waals surface area contributed by atoms with E-state index in [2.05, 4.69) is 20.3 Å². The van der Waals surface area contributed by atoms with Crippen LogP contribution in [0.3, 0.4) is 0 Å². The van der Waals surface area contributed by atoms with Gasteiger partial charge in [0.2, 0.25) is 5.91 Å². The van der Waals surface area contributed by atoms with Crippen LogP contribution in [-0.2, 0) is 4.79 Å². The summed E-state index contributed by atoms with van der Waals surface area (Å²) in [6, 6.07) is 8.14. The molecule has 0 aromatic carbocycles. The standard InChI is InChI=1S/C23H26FN5O2/c1-15-10-20(21(13-25-15)31-14-18-5-7-28(18)9-6-24)17-4-8-29-19(11-17)12-22(27-29)26-23(30)16-2-3-16/h4,8,10-13,16,18H,2-3,5-7,9,14H2,1H3,(H,26,27,30)/t18-/m1/s1. The van der Waals surface area contributed by atoms with E-state index in [-0.39, 0.29) is 24.5 Å². The van der Waals surface area contributed by atoms with E-state index in [0.717, 1.165) is 48.1 Å². The summed E-state index contributed by atoms with van der Waals surface area (Å²) in [4.78, 5) is 18.5. The second-order valence-electron chi connectivity index (χ2n) is 8.38. The molecular formula is C23H26FN5O2. The van der Waals surface area contributed by atoms with Gasteiger partial charge in [-0.1, -0.05) is 0 Å². The number of carbonyl (C=O) groups excluding carboxylic acids is 1. The molecule has 2 aliphatic rings. The molecule has 5 rings (SSSR count).